The molecule has 7 nitrogen and oxygen atoms in total. The maximum Gasteiger partial charge on any atom is 0.501 e. The van der Waals surface area contributed by atoms with Crippen LogP contribution in [-0.2, 0) is 9.84 Å². The van der Waals surface area contributed by atoms with Crippen LogP contribution in [0.3, 0.4) is 0 Å². The minimum atomic E-state index is -5.68. The fourth-order valence-corrected chi connectivity index (χ4v) is 3.11. The summed E-state index contributed by atoms with van der Waals surface area (Å²) in [6.45, 7) is 0.590. The molecule has 1 aliphatic rings. The molecular formula is C14H14F3N3O4S. The van der Waals surface area contributed by atoms with Gasteiger partial charge in [0.15, 0.2) is 0 Å². The third-order valence-electron chi connectivity index (χ3n) is 3.77. The highest BCUT2D eigenvalue weighted by Gasteiger charge is 2.47. The van der Waals surface area contributed by atoms with Crippen LogP contribution in [0.4, 0.5) is 24.5 Å². The summed E-state index contributed by atoms with van der Waals surface area (Å²) in [6, 6.07) is 4.03. The monoisotopic (exact) mass is 377 g/mol. The van der Waals surface area contributed by atoms with Crippen molar-refractivity contribution < 1.29 is 26.5 Å². The molecule has 0 N–H and O–H groups in total. The molecule has 0 atom stereocenters. The first-order valence-electron chi connectivity index (χ1n) is 7.29. The molecule has 0 spiro atoms. The minimum absolute atomic E-state index is 0.00766. The second-order valence-electron chi connectivity index (χ2n) is 5.65. The van der Waals surface area contributed by atoms with Gasteiger partial charge in [-0.1, -0.05) is 0 Å². The number of nitriles is 1. The predicted molar refractivity (Wildman–Crippen MR) is 81.5 cm³/mol. The van der Waals surface area contributed by atoms with Crippen molar-refractivity contribution in [3.63, 3.8) is 0 Å². The van der Waals surface area contributed by atoms with E-state index in [-0.39, 0.29) is 18.7 Å². The van der Waals surface area contributed by atoms with E-state index in [0.29, 0.717) is 24.6 Å². The standard InChI is InChI=1S/C14H14F3N3O4S/c15-14(16,17)25(23,24)11-4-5-12(13(8-11)20(21)22)19(7-1-6-18)9-10-2-3-10/h4-5,8,10H,1-3,7,9H2. The molecule has 0 saturated heterocycles. The molecule has 0 radical (unpaired) electrons. The highest BCUT2D eigenvalue weighted by Crippen LogP contribution is 2.38. The van der Waals surface area contributed by atoms with Crippen LogP contribution in [-0.4, -0.2) is 31.9 Å². The zero-order chi connectivity index (χ0) is 18.8. The van der Waals surface area contributed by atoms with Crippen LogP contribution in [0.5, 0.6) is 0 Å². The van der Waals surface area contributed by atoms with Crippen LogP contribution < -0.4 is 4.90 Å². The zero-order valence-electron chi connectivity index (χ0n) is 12.9. The highest BCUT2D eigenvalue weighted by atomic mass is 32.2. The maximum atomic E-state index is 12.7. The first kappa shape index (κ1) is 19.0. The van der Waals surface area contributed by atoms with Crippen molar-refractivity contribution in [2.24, 2.45) is 5.92 Å². The number of halogens is 3. The Labute approximate surface area is 141 Å². The van der Waals surface area contributed by atoms with E-state index in [4.69, 9.17) is 5.26 Å². The van der Waals surface area contributed by atoms with Crippen molar-refractivity contribution in [2.45, 2.75) is 29.7 Å². The lowest BCUT2D eigenvalue weighted by atomic mass is 10.2. The van der Waals surface area contributed by atoms with E-state index < -0.39 is 30.9 Å². The molecule has 136 valence electrons. The molecule has 0 heterocycles. The van der Waals surface area contributed by atoms with Gasteiger partial charge in [0.2, 0.25) is 0 Å². The first-order valence-corrected chi connectivity index (χ1v) is 8.78. The minimum Gasteiger partial charge on any atom is -0.365 e. The molecule has 25 heavy (non-hydrogen) atoms. The topological polar surface area (TPSA) is 104 Å². The van der Waals surface area contributed by atoms with Crippen molar-refractivity contribution in [1.29, 1.82) is 5.26 Å². The van der Waals surface area contributed by atoms with Gasteiger partial charge in [0.05, 0.1) is 22.3 Å². The van der Waals surface area contributed by atoms with E-state index >= 15 is 0 Å². The third-order valence-corrected chi connectivity index (χ3v) is 5.25. The van der Waals surface area contributed by atoms with Gasteiger partial charge in [-0.3, -0.25) is 10.1 Å². The highest BCUT2D eigenvalue weighted by molar-refractivity contribution is 7.92. The number of nitro groups is 1. The summed E-state index contributed by atoms with van der Waals surface area (Å²) in [5.74, 6) is 0.303. The van der Waals surface area contributed by atoms with Crippen LogP contribution >= 0.6 is 0 Å². The number of sulfone groups is 1. The van der Waals surface area contributed by atoms with Crippen LogP contribution in [0.25, 0.3) is 0 Å². The van der Waals surface area contributed by atoms with Gasteiger partial charge >= 0.3 is 5.51 Å². The molecule has 1 aliphatic carbocycles. The molecule has 1 aromatic rings. The summed E-state index contributed by atoms with van der Waals surface area (Å²) in [7, 11) is -5.68. The van der Waals surface area contributed by atoms with E-state index in [2.05, 4.69) is 0 Å². The molecule has 0 aliphatic heterocycles. The number of nitro benzene ring substituents is 1. The number of alkyl halides is 3. The smallest absolute Gasteiger partial charge is 0.365 e. The Balaban J connectivity index is 2.48. The first-order chi connectivity index (χ1) is 11.6. The van der Waals surface area contributed by atoms with E-state index in [0.717, 1.165) is 18.9 Å². The number of hydrogen-bond donors (Lipinski definition) is 0. The normalized spacial score (nSPS) is 14.8. The van der Waals surface area contributed by atoms with Gasteiger partial charge in [-0.25, -0.2) is 8.42 Å². The summed E-state index contributed by atoms with van der Waals surface area (Å²) in [4.78, 5) is 10.7. The van der Waals surface area contributed by atoms with Crippen LogP contribution in [0, 0.1) is 27.4 Å². The summed E-state index contributed by atoms with van der Waals surface area (Å²) >= 11 is 0. The van der Waals surface area contributed by atoms with Gasteiger partial charge < -0.3 is 4.90 Å². The second-order valence-corrected chi connectivity index (χ2v) is 7.60. The SMILES string of the molecule is N#CCCN(CC1CC1)c1ccc(S(=O)(=O)C(F)(F)F)cc1[N+](=O)[O-]. The second kappa shape index (κ2) is 6.87. The molecule has 1 saturated carbocycles. The summed E-state index contributed by atoms with van der Waals surface area (Å²) in [5, 5.41) is 20.0. The van der Waals surface area contributed by atoms with E-state index in [9.17, 15) is 31.7 Å². The van der Waals surface area contributed by atoms with Crippen LogP contribution in [0.15, 0.2) is 23.1 Å². The van der Waals surface area contributed by atoms with E-state index in [1.54, 1.807) is 4.90 Å². The Hall–Kier alpha value is -2.35. The van der Waals surface area contributed by atoms with Gasteiger partial charge in [0.1, 0.15) is 5.69 Å². The molecule has 11 heteroatoms. The molecule has 1 aromatic carbocycles. The fourth-order valence-electron chi connectivity index (χ4n) is 2.32. The largest absolute Gasteiger partial charge is 0.501 e. The zero-order valence-corrected chi connectivity index (χ0v) is 13.7. The van der Waals surface area contributed by atoms with E-state index in [1.165, 1.54) is 0 Å². The lowest BCUT2D eigenvalue weighted by molar-refractivity contribution is -0.384. The van der Waals surface area contributed by atoms with Gasteiger partial charge in [-0.05, 0) is 30.9 Å². The summed E-state index contributed by atoms with van der Waals surface area (Å²) in [6.07, 6.45) is 1.93. The van der Waals surface area contributed by atoms with Gasteiger partial charge in [0, 0.05) is 19.2 Å². The van der Waals surface area contributed by atoms with Gasteiger partial charge in [-0.15, -0.1) is 0 Å². The number of hydrogen-bond acceptors (Lipinski definition) is 6. The summed E-state index contributed by atoms with van der Waals surface area (Å²) in [5.41, 5.74) is -6.27. The average Bonchev–Trinajstić information content (AvgIpc) is 3.33. The predicted octanol–water partition coefficient (Wildman–Crippen LogP) is 3.02. The van der Waals surface area contributed by atoms with Crippen molar-refractivity contribution in [3.05, 3.63) is 28.3 Å². The van der Waals surface area contributed by atoms with Crippen molar-refractivity contribution in [2.75, 3.05) is 18.0 Å². The van der Waals surface area contributed by atoms with Gasteiger partial charge in [-0.2, -0.15) is 18.4 Å². The molecule has 0 unspecified atom stereocenters. The molecule has 0 aromatic heterocycles. The molecule has 1 fully saturated rings. The number of nitrogens with zero attached hydrogens (tertiary/aromatic N) is 3. The quantitative estimate of drug-likeness (QED) is 0.534. The summed E-state index contributed by atoms with van der Waals surface area (Å²) < 4.78 is 60.9. The average molecular weight is 377 g/mol. The van der Waals surface area contributed by atoms with E-state index in [1.807, 2.05) is 6.07 Å². The van der Waals surface area contributed by atoms with Crippen LogP contribution in [0.2, 0.25) is 0 Å². The van der Waals surface area contributed by atoms with Crippen LogP contribution in [0.1, 0.15) is 19.3 Å². The Morgan fingerprint density at radius 2 is 2.00 bits per heavy atom. The molecule has 0 bridgehead atoms. The Bertz CT molecular complexity index is 814. The lowest BCUT2D eigenvalue weighted by Gasteiger charge is -2.23. The Morgan fingerprint density at radius 3 is 2.48 bits per heavy atom. The lowest BCUT2D eigenvalue weighted by Crippen LogP contribution is -2.28. The molecule has 0 amide bonds. The fraction of sp³-hybridized carbons (Fsp3) is 0.500. The van der Waals surface area contributed by atoms with Crippen molar-refractivity contribution in [3.8, 4) is 6.07 Å². The Morgan fingerprint density at radius 1 is 1.36 bits per heavy atom. The maximum absolute atomic E-state index is 12.7. The number of rotatable bonds is 7. The van der Waals surface area contributed by atoms with Gasteiger partial charge in [0.25, 0.3) is 15.5 Å². The number of anilines is 1. The molecular weight excluding hydrogens is 363 g/mol. The third kappa shape index (κ3) is 4.19. The Kier molecular flexibility index (Phi) is 5.22. The molecule has 2 rings (SSSR count). The number of benzene rings is 1. The van der Waals surface area contributed by atoms with Crippen molar-refractivity contribution in [1.82, 2.24) is 0 Å². The van der Waals surface area contributed by atoms with Crippen molar-refractivity contribution >= 4 is 21.2 Å².